The zero-order chi connectivity index (χ0) is 8.97. The first-order valence-corrected chi connectivity index (χ1v) is 5.10. The first-order chi connectivity index (χ1) is 5.70. The van der Waals surface area contributed by atoms with Gasteiger partial charge in [-0.15, -0.1) is 0 Å². The van der Waals surface area contributed by atoms with E-state index in [0.29, 0.717) is 6.54 Å². The van der Waals surface area contributed by atoms with E-state index in [4.69, 9.17) is 0 Å². The van der Waals surface area contributed by atoms with Gasteiger partial charge in [0.05, 0.1) is 11.0 Å². The van der Waals surface area contributed by atoms with Crippen LogP contribution in [0.25, 0.3) is 0 Å². The Morgan fingerprint density at radius 1 is 1.50 bits per heavy atom. The van der Waals surface area contributed by atoms with Crippen LogP contribution in [0.15, 0.2) is 24.3 Å². The van der Waals surface area contributed by atoms with Gasteiger partial charge in [0.1, 0.15) is 5.75 Å². The van der Waals surface area contributed by atoms with E-state index in [2.05, 4.69) is 4.72 Å². The average molecular weight is 185 g/mol. The van der Waals surface area contributed by atoms with E-state index >= 15 is 0 Å². The minimum absolute atomic E-state index is 0.232. The highest BCUT2D eigenvalue weighted by Crippen LogP contribution is 2.14. The quantitative estimate of drug-likeness (QED) is 0.731. The molecule has 0 heterocycles. The first kappa shape index (κ1) is 9.22. The molecule has 0 radical (unpaired) electrons. The molecule has 3 nitrogen and oxygen atoms in total. The van der Waals surface area contributed by atoms with Gasteiger partial charge < -0.3 is 5.11 Å². The molecule has 1 atom stereocenters. The predicted octanol–water partition coefficient (Wildman–Crippen LogP) is 0.775. The molecule has 0 saturated carbocycles. The number of aromatic hydroxyl groups is 1. The summed E-state index contributed by atoms with van der Waals surface area (Å²) in [5, 5.41) is 9.28. The molecule has 12 heavy (non-hydrogen) atoms. The van der Waals surface area contributed by atoms with E-state index in [9.17, 15) is 9.32 Å². The van der Waals surface area contributed by atoms with Crippen molar-refractivity contribution in [1.29, 1.82) is 0 Å². The second kappa shape index (κ2) is 4.23. The molecule has 0 aliphatic rings. The molecule has 0 aromatic heterocycles. The number of phenolic OH excluding ortho intramolecular Hbond substituents is 1. The van der Waals surface area contributed by atoms with Crippen molar-refractivity contribution in [2.45, 2.75) is 6.54 Å². The van der Waals surface area contributed by atoms with Crippen molar-refractivity contribution >= 4 is 11.0 Å². The Kier molecular flexibility index (Phi) is 3.25. The first-order valence-electron chi connectivity index (χ1n) is 3.54. The molecule has 0 amide bonds. The van der Waals surface area contributed by atoms with Gasteiger partial charge in [-0.3, -0.25) is 0 Å². The number of nitrogens with one attached hydrogen (secondary N) is 1. The number of hydrogen-bond donors (Lipinski definition) is 2. The van der Waals surface area contributed by atoms with Crippen LogP contribution in [-0.2, 0) is 17.5 Å². The minimum Gasteiger partial charge on any atom is -0.508 e. The van der Waals surface area contributed by atoms with Crippen molar-refractivity contribution in [1.82, 2.24) is 4.72 Å². The lowest BCUT2D eigenvalue weighted by Gasteiger charge is -2.02. The van der Waals surface area contributed by atoms with Gasteiger partial charge in [-0.1, -0.05) is 18.2 Å². The summed E-state index contributed by atoms with van der Waals surface area (Å²) >= 11 is 0. The topological polar surface area (TPSA) is 49.3 Å². The fraction of sp³-hybridized carbons (Fsp3) is 0.250. The van der Waals surface area contributed by atoms with Gasteiger partial charge in [0.15, 0.2) is 0 Å². The summed E-state index contributed by atoms with van der Waals surface area (Å²) in [5.74, 6) is 0.232. The van der Waals surface area contributed by atoms with E-state index in [0.717, 1.165) is 5.56 Å². The molecule has 0 aliphatic heterocycles. The molecule has 0 aliphatic carbocycles. The molecule has 0 saturated heterocycles. The summed E-state index contributed by atoms with van der Waals surface area (Å²) in [7, 11) is -1.04. The van der Waals surface area contributed by atoms with Gasteiger partial charge in [-0.05, 0) is 6.07 Å². The van der Waals surface area contributed by atoms with Crippen molar-refractivity contribution in [3.63, 3.8) is 0 Å². The predicted molar refractivity (Wildman–Crippen MR) is 49.0 cm³/mol. The Balaban J connectivity index is 2.63. The van der Waals surface area contributed by atoms with Crippen molar-refractivity contribution in [3.05, 3.63) is 29.8 Å². The van der Waals surface area contributed by atoms with Crippen LogP contribution in [0.5, 0.6) is 5.75 Å². The van der Waals surface area contributed by atoms with Crippen LogP contribution < -0.4 is 4.72 Å². The zero-order valence-electron chi connectivity index (χ0n) is 6.78. The fourth-order valence-electron chi connectivity index (χ4n) is 0.840. The smallest absolute Gasteiger partial charge is 0.120 e. The van der Waals surface area contributed by atoms with Crippen LogP contribution in [-0.4, -0.2) is 15.6 Å². The molecule has 0 spiro atoms. The monoisotopic (exact) mass is 185 g/mol. The summed E-state index contributed by atoms with van der Waals surface area (Å²) < 4.78 is 13.4. The van der Waals surface area contributed by atoms with Gasteiger partial charge in [-0.25, -0.2) is 8.93 Å². The Labute approximate surface area is 74.0 Å². The molecule has 1 unspecified atom stereocenters. The highest BCUT2D eigenvalue weighted by molar-refractivity contribution is 7.82. The van der Waals surface area contributed by atoms with E-state index in [1.54, 1.807) is 24.5 Å². The molecule has 2 N–H and O–H groups in total. The fourth-order valence-corrected chi connectivity index (χ4v) is 1.20. The average Bonchev–Trinajstić information content (AvgIpc) is 2.03. The lowest BCUT2D eigenvalue weighted by atomic mass is 10.2. The van der Waals surface area contributed by atoms with Crippen LogP contribution in [0.1, 0.15) is 5.56 Å². The molecule has 1 aromatic rings. The standard InChI is InChI=1S/C8H11NO2S/c1-12(11)9-6-7-4-2-3-5-8(7)10/h2-5,9-10H,6H2,1H3. The van der Waals surface area contributed by atoms with Crippen LogP contribution in [0, 0.1) is 0 Å². The molecular formula is C8H11NO2S. The Hall–Kier alpha value is -0.870. The number of benzene rings is 1. The largest absolute Gasteiger partial charge is 0.508 e. The molecular weight excluding hydrogens is 174 g/mol. The summed E-state index contributed by atoms with van der Waals surface area (Å²) in [4.78, 5) is 0. The highest BCUT2D eigenvalue weighted by atomic mass is 32.2. The van der Waals surface area contributed by atoms with Crippen LogP contribution in [0.4, 0.5) is 0 Å². The van der Waals surface area contributed by atoms with Crippen molar-refractivity contribution in [2.75, 3.05) is 6.26 Å². The Morgan fingerprint density at radius 2 is 2.17 bits per heavy atom. The third kappa shape index (κ3) is 2.64. The lowest BCUT2D eigenvalue weighted by molar-refractivity contribution is 0.467. The minimum atomic E-state index is -1.04. The maximum absolute atomic E-state index is 10.6. The van der Waals surface area contributed by atoms with E-state index < -0.39 is 11.0 Å². The molecule has 0 fully saturated rings. The third-order valence-corrected chi connectivity index (χ3v) is 2.01. The summed E-state index contributed by atoms with van der Waals surface area (Å²) in [6.07, 6.45) is 1.56. The third-order valence-electron chi connectivity index (χ3n) is 1.46. The number of hydrogen-bond acceptors (Lipinski definition) is 2. The van der Waals surface area contributed by atoms with Crippen molar-refractivity contribution in [2.24, 2.45) is 0 Å². The van der Waals surface area contributed by atoms with Gasteiger partial charge in [-0.2, -0.15) is 0 Å². The number of phenols is 1. The van der Waals surface area contributed by atoms with E-state index in [1.165, 1.54) is 0 Å². The Morgan fingerprint density at radius 3 is 2.75 bits per heavy atom. The second-order valence-corrected chi connectivity index (χ2v) is 3.60. The summed E-state index contributed by atoms with van der Waals surface area (Å²) in [6, 6.07) is 6.97. The number of para-hydroxylation sites is 1. The van der Waals surface area contributed by atoms with Gasteiger partial charge in [0.2, 0.25) is 0 Å². The van der Waals surface area contributed by atoms with Crippen LogP contribution in [0.3, 0.4) is 0 Å². The maximum Gasteiger partial charge on any atom is 0.120 e. The van der Waals surface area contributed by atoms with Gasteiger partial charge >= 0.3 is 0 Å². The lowest BCUT2D eigenvalue weighted by Crippen LogP contribution is -2.14. The van der Waals surface area contributed by atoms with Gasteiger partial charge in [0.25, 0.3) is 0 Å². The molecule has 1 aromatic carbocycles. The molecule has 66 valence electrons. The van der Waals surface area contributed by atoms with Crippen LogP contribution >= 0.6 is 0 Å². The zero-order valence-corrected chi connectivity index (χ0v) is 7.60. The number of rotatable bonds is 3. The molecule has 4 heteroatoms. The molecule has 0 bridgehead atoms. The Bertz CT molecular complexity index is 288. The van der Waals surface area contributed by atoms with Crippen molar-refractivity contribution in [3.8, 4) is 5.75 Å². The van der Waals surface area contributed by atoms with Crippen LogP contribution in [0.2, 0.25) is 0 Å². The highest BCUT2D eigenvalue weighted by Gasteiger charge is 1.98. The maximum atomic E-state index is 10.6. The van der Waals surface area contributed by atoms with Crippen molar-refractivity contribution < 1.29 is 9.32 Å². The summed E-state index contributed by atoms with van der Waals surface area (Å²) in [5.41, 5.74) is 0.757. The van der Waals surface area contributed by atoms with E-state index in [-0.39, 0.29) is 5.75 Å². The summed E-state index contributed by atoms with van der Waals surface area (Å²) in [6.45, 7) is 0.426. The van der Waals surface area contributed by atoms with E-state index in [1.807, 2.05) is 6.07 Å². The second-order valence-electron chi connectivity index (χ2n) is 2.40. The van der Waals surface area contributed by atoms with Gasteiger partial charge in [0, 0.05) is 18.4 Å². The molecule has 1 rings (SSSR count). The normalized spacial score (nSPS) is 12.8. The SMILES string of the molecule is CS(=O)NCc1ccccc1O.